The summed E-state index contributed by atoms with van der Waals surface area (Å²) in [5, 5.41) is 0. The summed E-state index contributed by atoms with van der Waals surface area (Å²) in [4.78, 5) is 15.5. The van der Waals surface area contributed by atoms with Crippen molar-refractivity contribution in [2.75, 3.05) is 17.4 Å². The van der Waals surface area contributed by atoms with Crippen molar-refractivity contribution in [3.05, 3.63) is 41.5 Å². The van der Waals surface area contributed by atoms with E-state index < -0.39 is 0 Å². The third-order valence-corrected chi connectivity index (χ3v) is 3.28. The Bertz CT molecular complexity index is 597. The van der Waals surface area contributed by atoms with E-state index in [9.17, 15) is 0 Å². The Morgan fingerprint density at radius 1 is 1.29 bits per heavy atom. The summed E-state index contributed by atoms with van der Waals surface area (Å²) in [5.74, 6) is 8.11. The molecule has 6 heteroatoms. The molecule has 3 N–H and O–H groups in total. The molecular weight excluding hydrogens is 264 g/mol. The smallest absolute Gasteiger partial charge is 0.148 e. The number of nitrogens with two attached hydrogens (primary N) is 1. The maximum absolute atomic E-state index is 5.57. The van der Waals surface area contributed by atoms with Crippen LogP contribution in [0.3, 0.4) is 0 Å². The number of hydrogen-bond acceptors (Lipinski definition) is 6. The minimum atomic E-state index is 0.236. The summed E-state index contributed by atoms with van der Waals surface area (Å²) in [6, 6.07) is 5.89. The van der Waals surface area contributed by atoms with E-state index in [4.69, 9.17) is 5.84 Å². The number of rotatable bonds is 5. The lowest BCUT2D eigenvalue weighted by Crippen LogP contribution is -2.22. The molecule has 0 unspecified atom stereocenters. The summed E-state index contributed by atoms with van der Waals surface area (Å²) < 4.78 is 0. The molecule has 0 spiro atoms. The van der Waals surface area contributed by atoms with Crippen molar-refractivity contribution in [2.24, 2.45) is 5.84 Å². The predicted octanol–water partition coefficient (Wildman–Crippen LogP) is 2.23. The molecule has 112 valence electrons. The van der Waals surface area contributed by atoms with Crippen molar-refractivity contribution in [3.8, 4) is 0 Å². The average Bonchev–Trinajstić information content (AvgIpc) is 2.48. The summed E-state index contributed by atoms with van der Waals surface area (Å²) in [7, 11) is 1.99. The minimum absolute atomic E-state index is 0.236. The lowest BCUT2D eigenvalue weighted by atomic mass is 10.2. The fourth-order valence-corrected chi connectivity index (χ4v) is 2.10. The van der Waals surface area contributed by atoms with Crippen LogP contribution in [-0.2, 0) is 6.54 Å². The van der Waals surface area contributed by atoms with E-state index in [1.165, 1.54) is 0 Å². The topological polar surface area (TPSA) is 80.0 Å². The number of nitrogen functional groups attached to an aromatic ring is 1. The van der Waals surface area contributed by atoms with Gasteiger partial charge in [-0.3, -0.25) is 4.98 Å². The standard InChI is InChI=1S/C15H22N6/c1-10(2)13-18-14(20-16)11(3)15(19-13)21(4)9-12-7-5-6-8-17-12/h5-8,10H,9,16H2,1-4H3,(H,18,19,20). The van der Waals surface area contributed by atoms with E-state index in [0.29, 0.717) is 12.4 Å². The first-order valence-corrected chi connectivity index (χ1v) is 6.99. The zero-order valence-electron chi connectivity index (χ0n) is 13.0. The molecule has 0 fully saturated rings. The second kappa shape index (κ2) is 6.49. The van der Waals surface area contributed by atoms with Crippen LogP contribution in [0.4, 0.5) is 11.6 Å². The van der Waals surface area contributed by atoms with Gasteiger partial charge in [-0.2, -0.15) is 0 Å². The molecule has 0 amide bonds. The fraction of sp³-hybridized carbons (Fsp3) is 0.400. The van der Waals surface area contributed by atoms with Crippen molar-refractivity contribution in [3.63, 3.8) is 0 Å². The number of nitrogens with one attached hydrogen (secondary N) is 1. The van der Waals surface area contributed by atoms with Crippen molar-refractivity contribution < 1.29 is 0 Å². The highest BCUT2D eigenvalue weighted by Gasteiger charge is 2.16. The molecule has 0 radical (unpaired) electrons. The van der Waals surface area contributed by atoms with E-state index in [0.717, 1.165) is 22.9 Å². The van der Waals surface area contributed by atoms with Gasteiger partial charge < -0.3 is 10.3 Å². The molecule has 0 aliphatic rings. The Kier molecular flexibility index (Phi) is 4.70. The molecule has 0 aliphatic heterocycles. The zero-order valence-corrected chi connectivity index (χ0v) is 13.0. The maximum atomic E-state index is 5.57. The molecule has 0 saturated carbocycles. The highest BCUT2D eigenvalue weighted by Crippen LogP contribution is 2.25. The normalized spacial score (nSPS) is 10.8. The molecule has 2 rings (SSSR count). The van der Waals surface area contributed by atoms with Crippen molar-refractivity contribution >= 4 is 11.6 Å². The van der Waals surface area contributed by atoms with Crippen LogP contribution in [0, 0.1) is 6.92 Å². The van der Waals surface area contributed by atoms with Gasteiger partial charge >= 0.3 is 0 Å². The number of aromatic nitrogens is 3. The quantitative estimate of drug-likeness (QED) is 0.648. The van der Waals surface area contributed by atoms with Gasteiger partial charge in [0, 0.05) is 24.7 Å². The number of nitrogens with zero attached hydrogens (tertiary/aromatic N) is 4. The lowest BCUT2D eigenvalue weighted by Gasteiger charge is -2.22. The Morgan fingerprint density at radius 2 is 2.05 bits per heavy atom. The summed E-state index contributed by atoms with van der Waals surface area (Å²) in [6.07, 6.45) is 1.79. The molecule has 2 aromatic rings. The number of hydrogen-bond donors (Lipinski definition) is 2. The van der Waals surface area contributed by atoms with Crippen LogP contribution in [0.25, 0.3) is 0 Å². The fourth-order valence-electron chi connectivity index (χ4n) is 2.10. The largest absolute Gasteiger partial charge is 0.353 e. The van der Waals surface area contributed by atoms with E-state index in [2.05, 4.69) is 39.1 Å². The monoisotopic (exact) mass is 286 g/mol. The molecule has 2 heterocycles. The van der Waals surface area contributed by atoms with Crippen molar-refractivity contribution in [2.45, 2.75) is 33.2 Å². The van der Waals surface area contributed by atoms with Crippen LogP contribution < -0.4 is 16.2 Å². The van der Waals surface area contributed by atoms with Gasteiger partial charge in [-0.05, 0) is 19.1 Å². The van der Waals surface area contributed by atoms with Crippen LogP contribution in [-0.4, -0.2) is 22.0 Å². The maximum Gasteiger partial charge on any atom is 0.148 e. The average molecular weight is 286 g/mol. The highest BCUT2D eigenvalue weighted by atomic mass is 15.3. The SMILES string of the molecule is Cc1c(NN)nc(C(C)C)nc1N(C)Cc1ccccn1. The third-order valence-electron chi connectivity index (χ3n) is 3.28. The summed E-state index contributed by atoms with van der Waals surface area (Å²) >= 11 is 0. The number of pyridine rings is 1. The third kappa shape index (κ3) is 3.46. The Labute approximate surface area is 125 Å². The van der Waals surface area contributed by atoms with Crippen LogP contribution >= 0.6 is 0 Å². The first-order valence-electron chi connectivity index (χ1n) is 6.99. The molecule has 2 aromatic heterocycles. The summed E-state index contributed by atoms with van der Waals surface area (Å²) in [6.45, 7) is 6.77. The van der Waals surface area contributed by atoms with Gasteiger partial charge in [-0.15, -0.1) is 0 Å². The van der Waals surface area contributed by atoms with Gasteiger partial charge in [-0.25, -0.2) is 15.8 Å². The van der Waals surface area contributed by atoms with E-state index in [1.54, 1.807) is 6.20 Å². The molecule has 0 saturated heterocycles. The Morgan fingerprint density at radius 3 is 2.62 bits per heavy atom. The van der Waals surface area contributed by atoms with Crippen LogP contribution in [0.15, 0.2) is 24.4 Å². The second-order valence-electron chi connectivity index (χ2n) is 5.36. The summed E-state index contributed by atoms with van der Waals surface area (Å²) in [5.41, 5.74) is 4.58. The minimum Gasteiger partial charge on any atom is -0.353 e. The zero-order chi connectivity index (χ0) is 15.4. The van der Waals surface area contributed by atoms with Crippen LogP contribution in [0.5, 0.6) is 0 Å². The molecule has 21 heavy (non-hydrogen) atoms. The van der Waals surface area contributed by atoms with Gasteiger partial charge in [0.25, 0.3) is 0 Å². The van der Waals surface area contributed by atoms with Crippen LogP contribution in [0.2, 0.25) is 0 Å². The predicted molar refractivity (Wildman–Crippen MR) is 85.0 cm³/mol. The molecule has 6 nitrogen and oxygen atoms in total. The number of anilines is 2. The van der Waals surface area contributed by atoms with Gasteiger partial charge in [0.05, 0.1) is 12.2 Å². The Hall–Kier alpha value is -2.21. The van der Waals surface area contributed by atoms with Gasteiger partial charge in [0.2, 0.25) is 0 Å². The lowest BCUT2D eigenvalue weighted by molar-refractivity contribution is 0.756. The number of hydrazine groups is 1. The highest BCUT2D eigenvalue weighted by molar-refractivity contribution is 5.58. The van der Waals surface area contributed by atoms with Gasteiger partial charge in [0.1, 0.15) is 17.5 Å². The van der Waals surface area contributed by atoms with Crippen molar-refractivity contribution in [1.29, 1.82) is 0 Å². The van der Waals surface area contributed by atoms with E-state index >= 15 is 0 Å². The van der Waals surface area contributed by atoms with Crippen molar-refractivity contribution in [1.82, 2.24) is 15.0 Å². The molecular formula is C15H22N6. The van der Waals surface area contributed by atoms with E-state index in [-0.39, 0.29) is 5.92 Å². The van der Waals surface area contributed by atoms with E-state index in [1.807, 2.05) is 32.2 Å². The second-order valence-corrected chi connectivity index (χ2v) is 5.36. The molecule has 0 aromatic carbocycles. The molecule has 0 bridgehead atoms. The first-order chi connectivity index (χ1) is 10.0. The van der Waals surface area contributed by atoms with Gasteiger partial charge in [-0.1, -0.05) is 19.9 Å². The van der Waals surface area contributed by atoms with Gasteiger partial charge in [0.15, 0.2) is 0 Å². The first kappa shape index (κ1) is 15.2. The molecule has 0 atom stereocenters. The Balaban J connectivity index is 2.35. The van der Waals surface area contributed by atoms with Crippen LogP contribution in [0.1, 0.15) is 36.8 Å². The molecule has 0 aliphatic carbocycles.